The number of likely N-dealkylation sites (tertiary alicyclic amines) is 1. The molecule has 7 heteroatoms. The smallest absolute Gasteiger partial charge is 0.321 e. The first-order chi connectivity index (χ1) is 13.0. The summed E-state index contributed by atoms with van der Waals surface area (Å²) in [5.41, 5.74) is 1.21. The minimum absolute atomic E-state index is 0.0130. The Balaban J connectivity index is 1.68. The summed E-state index contributed by atoms with van der Waals surface area (Å²) in [6.07, 6.45) is 3.22. The van der Waals surface area contributed by atoms with Gasteiger partial charge in [-0.1, -0.05) is 0 Å². The lowest BCUT2D eigenvalue weighted by Gasteiger charge is -2.31. The number of amides is 3. The van der Waals surface area contributed by atoms with Crippen LogP contribution in [-0.2, 0) is 9.59 Å². The van der Waals surface area contributed by atoms with Crippen molar-refractivity contribution < 1.29 is 14.4 Å². The van der Waals surface area contributed by atoms with Gasteiger partial charge in [0.25, 0.3) is 0 Å². The van der Waals surface area contributed by atoms with Crippen LogP contribution in [0.4, 0.5) is 10.5 Å². The van der Waals surface area contributed by atoms with Crippen molar-refractivity contribution in [2.75, 3.05) is 25.0 Å². The molecule has 0 unspecified atom stereocenters. The van der Waals surface area contributed by atoms with Crippen LogP contribution in [0.5, 0.6) is 0 Å². The Labute approximate surface area is 159 Å². The fourth-order valence-corrected chi connectivity index (χ4v) is 3.07. The number of urea groups is 1. The van der Waals surface area contributed by atoms with Crippen LogP contribution in [0.3, 0.4) is 0 Å². The number of benzene rings is 1. The Bertz CT molecular complexity index is 701. The number of Topliss-reactive ketones (excluding diaryl/α,β-unsaturated/α-hetero) is 1. The quantitative estimate of drug-likeness (QED) is 0.720. The van der Waals surface area contributed by atoms with Gasteiger partial charge in [-0.2, -0.15) is 5.26 Å². The minimum atomic E-state index is -0.160. The Kier molecular flexibility index (Phi) is 7.80. The van der Waals surface area contributed by atoms with Gasteiger partial charge in [-0.25, -0.2) is 4.79 Å². The maximum absolute atomic E-state index is 12.3. The van der Waals surface area contributed by atoms with Crippen LogP contribution >= 0.6 is 0 Å². The van der Waals surface area contributed by atoms with E-state index in [4.69, 9.17) is 5.26 Å². The van der Waals surface area contributed by atoms with Gasteiger partial charge in [0.2, 0.25) is 5.91 Å². The van der Waals surface area contributed by atoms with Crippen LogP contribution < -0.4 is 10.6 Å². The highest BCUT2D eigenvalue weighted by atomic mass is 16.2. The molecule has 1 fully saturated rings. The van der Waals surface area contributed by atoms with Gasteiger partial charge in [0.05, 0.1) is 11.6 Å². The van der Waals surface area contributed by atoms with E-state index in [1.54, 1.807) is 36.1 Å². The number of hydrogen-bond acceptors (Lipinski definition) is 4. The molecule has 2 N–H and O–H groups in total. The lowest BCUT2D eigenvalue weighted by molar-refractivity contribution is -0.122. The number of carbonyl (C=O) groups excluding carboxylic acids is 3. The van der Waals surface area contributed by atoms with Crippen LogP contribution in [0.1, 0.15) is 44.6 Å². The van der Waals surface area contributed by atoms with Gasteiger partial charge in [-0.05, 0) is 56.4 Å². The van der Waals surface area contributed by atoms with Crippen molar-refractivity contribution >= 4 is 23.4 Å². The van der Waals surface area contributed by atoms with Crippen molar-refractivity contribution in [2.45, 2.75) is 39.0 Å². The highest BCUT2D eigenvalue weighted by Gasteiger charge is 2.24. The molecule has 1 aromatic carbocycles. The molecule has 0 radical (unpaired) electrons. The number of ketones is 1. The average Bonchev–Trinajstić information content (AvgIpc) is 2.66. The van der Waals surface area contributed by atoms with Gasteiger partial charge in [0.15, 0.2) is 0 Å². The molecule has 0 atom stereocenters. The molecule has 0 aliphatic carbocycles. The molecule has 1 saturated heterocycles. The normalized spacial score (nSPS) is 14.3. The number of nitriles is 1. The lowest BCUT2D eigenvalue weighted by Crippen LogP contribution is -2.42. The van der Waals surface area contributed by atoms with E-state index in [1.807, 2.05) is 6.07 Å². The summed E-state index contributed by atoms with van der Waals surface area (Å²) in [5, 5.41) is 14.5. The van der Waals surface area contributed by atoms with Gasteiger partial charge >= 0.3 is 6.03 Å². The summed E-state index contributed by atoms with van der Waals surface area (Å²) in [6, 6.07) is 8.62. The van der Waals surface area contributed by atoms with Crippen molar-refractivity contribution in [3.8, 4) is 6.07 Å². The van der Waals surface area contributed by atoms with Crippen molar-refractivity contribution in [3.63, 3.8) is 0 Å². The number of hydrogen-bond donors (Lipinski definition) is 2. The molecule has 1 aliphatic rings. The predicted molar refractivity (Wildman–Crippen MR) is 102 cm³/mol. The van der Waals surface area contributed by atoms with Gasteiger partial charge in [0, 0.05) is 38.2 Å². The topological polar surface area (TPSA) is 102 Å². The lowest BCUT2D eigenvalue weighted by atomic mass is 9.93. The van der Waals surface area contributed by atoms with Gasteiger partial charge in [-0.3, -0.25) is 4.79 Å². The Morgan fingerprint density at radius 3 is 2.44 bits per heavy atom. The largest absolute Gasteiger partial charge is 0.356 e. The maximum atomic E-state index is 12.3. The molecule has 1 aliphatic heterocycles. The zero-order chi connectivity index (χ0) is 19.6. The molecule has 1 heterocycles. The molecule has 0 saturated carbocycles. The molecule has 27 heavy (non-hydrogen) atoms. The van der Waals surface area contributed by atoms with Crippen molar-refractivity contribution in [2.24, 2.45) is 5.92 Å². The average molecular weight is 370 g/mol. The van der Waals surface area contributed by atoms with Crippen molar-refractivity contribution in [3.05, 3.63) is 29.8 Å². The van der Waals surface area contributed by atoms with E-state index < -0.39 is 0 Å². The van der Waals surface area contributed by atoms with Gasteiger partial charge in [0.1, 0.15) is 5.78 Å². The summed E-state index contributed by atoms with van der Waals surface area (Å²) in [5.74, 6) is 0.423. The molecular weight excluding hydrogens is 344 g/mol. The SMILES string of the molecule is CC(=O)CCCNC(=O)CC1CCN(C(=O)Nc2ccc(C#N)cc2)CC1. The van der Waals surface area contributed by atoms with E-state index in [9.17, 15) is 14.4 Å². The Morgan fingerprint density at radius 1 is 1.19 bits per heavy atom. The van der Waals surface area contributed by atoms with Crippen LogP contribution in [0.15, 0.2) is 24.3 Å². The van der Waals surface area contributed by atoms with E-state index in [0.29, 0.717) is 50.1 Å². The molecule has 2 rings (SSSR count). The van der Waals surface area contributed by atoms with Crippen LogP contribution in [0.2, 0.25) is 0 Å². The second kappa shape index (κ2) is 10.3. The standard InChI is InChI=1S/C20H26N4O3/c1-15(25)3-2-10-22-19(26)13-16-8-11-24(12-9-16)20(27)23-18-6-4-17(14-21)5-7-18/h4-7,16H,2-3,8-13H2,1H3,(H,22,26)(H,23,27). The fourth-order valence-electron chi connectivity index (χ4n) is 3.07. The number of anilines is 1. The third kappa shape index (κ3) is 7.10. The molecular formula is C20H26N4O3. The second-order valence-corrected chi connectivity index (χ2v) is 6.91. The zero-order valence-corrected chi connectivity index (χ0v) is 15.7. The van der Waals surface area contributed by atoms with E-state index in [0.717, 1.165) is 12.8 Å². The molecule has 7 nitrogen and oxygen atoms in total. The van der Waals surface area contributed by atoms with Crippen LogP contribution in [0.25, 0.3) is 0 Å². The highest BCUT2D eigenvalue weighted by Crippen LogP contribution is 2.21. The summed E-state index contributed by atoms with van der Waals surface area (Å²) in [7, 11) is 0. The third-order valence-electron chi connectivity index (χ3n) is 4.67. The number of nitrogens with zero attached hydrogens (tertiary/aromatic N) is 2. The Hall–Kier alpha value is -2.88. The highest BCUT2D eigenvalue weighted by molar-refractivity contribution is 5.89. The summed E-state index contributed by atoms with van der Waals surface area (Å²) in [6.45, 7) is 3.31. The first kappa shape index (κ1) is 20.4. The molecule has 1 aromatic rings. The number of rotatable bonds is 7. The monoisotopic (exact) mass is 370 g/mol. The second-order valence-electron chi connectivity index (χ2n) is 6.91. The van der Waals surface area contributed by atoms with Crippen LogP contribution in [-0.4, -0.2) is 42.3 Å². The Morgan fingerprint density at radius 2 is 1.85 bits per heavy atom. The third-order valence-corrected chi connectivity index (χ3v) is 4.67. The molecule has 0 spiro atoms. The van der Waals surface area contributed by atoms with Crippen molar-refractivity contribution in [1.82, 2.24) is 10.2 Å². The van der Waals surface area contributed by atoms with Gasteiger partial charge in [-0.15, -0.1) is 0 Å². The summed E-state index contributed by atoms with van der Waals surface area (Å²) < 4.78 is 0. The predicted octanol–water partition coefficient (Wildman–Crippen LogP) is 2.68. The van der Waals surface area contributed by atoms with Gasteiger partial charge < -0.3 is 20.3 Å². The summed E-state index contributed by atoms with van der Waals surface area (Å²) in [4.78, 5) is 36.9. The molecule has 144 valence electrons. The van der Waals surface area contributed by atoms with E-state index >= 15 is 0 Å². The van der Waals surface area contributed by atoms with Crippen molar-refractivity contribution in [1.29, 1.82) is 5.26 Å². The fraction of sp³-hybridized carbons (Fsp3) is 0.500. The number of nitrogens with one attached hydrogen (secondary N) is 2. The number of piperidine rings is 1. The molecule has 3 amide bonds. The minimum Gasteiger partial charge on any atom is -0.356 e. The summed E-state index contributed by atoms with van der Waals surface area (Å²) >= 11 is 0. The van der Waals surface area contributed by atoms with E-state index in [-0.39, 0.29) is 23.6 Å². The first-order valence-electron chi connectivity index (χ1n) is 9.30. The molecule has 0 bridgehead atoms. The number of carbonyl (C=O) groups is 3. The zero-order valence-electron chi connectivity index (χ0n) is 15.7. The maximum Gasteiger partial charge on any atom is 0.321 e. The molecule has 0 aromatic heterocycles. The van der Waals surface area contributed by atoms with E-state index in [1.165, 1.54) is 0 Å². The van der Waals surface area contributed by atoms with E-state index in [2.05, 4.69) is 10.6 Å². The first-order valence-corrected chi connectivity index (χ1v) is 9.30. The van der Waals surface area contributed by atoms with Crippen LogP contribution in [0, 0.1) is 17.2 Å².